The fraction of sp³-hybridized carbons (Fsp3) is 0.435. The Morgan fingerprint density at radius 1 is 1.07 bits per heavy atom. The summed E-state index contributed by atoms with van der Waals surface area (Å²) < 4.78 is 0. The van der Waals surface area contributed by atoms with Crippen LogP contribution in [-0.2, 0) is 0 Å². The standard InChI is InChI=1S/C23H31N3O/c1-18(2)15-22(20-9-5-3-6-10-20)25-23(27)24-16-19-13-14-26(17-19)21-11-7-4-8-12-21/h3-12,18-19,22H,13-17H2,1-2H3,(H2,24,25,27). The highest BCUT2D eigenvalue weighted by atomic mass is 16.2. The molecule has 1 saturated heterocycles. The fourth-order valence-electron chi connectivity index (χ4n) is 3.75. The molecule has 3 rings (SSSR count). The zero-order valence-electron chi connectivity index (χ0n) is 16.4. The molecule has 1 heterocycles. The van der Waals surface area contributed by atoms with Gasteiger partial charge in [0.25, 0.3) is 0 Å². The van der Waals surface area contributed by atoms with E-state index in [9.17, 15) is 4.79 Å². The summed E-state index contributed by atoms with van der Waals surface area (Å²) in [5, 5.41) is 6.26. The van der Waals surface area contributed by atoms with E-state index in [-0.39, 0.29) is 12.1 Å². The maximum atomic E-state index is 12.5. The van der Waals surface area contributed by atoms with Gasteiger partial charge in [0.2, 0.25) is 0 Å². The second kappa shape index (κ2) is 9.45. The van der Waals surface area contributed by atoms with Gasteiger partial charge in [-0.25, -0.2) is 4.79 Å². The van der Waals surface area contributed by atoms with Crippen molar-refractivity contribution in [3.05, 3.63) is 66.2 Å². The van der Waals surface area contributed by atoms with Gasteiger partial charge in [-0.05, 0) is 42.4 Å². The largest absolute Gasteiger partial charge is 0.371 e. The average Bonchev–Trinajstić information content (AvgIpc) is 3.16. The molecule has 2 aromatic carbocycles. The van der Waals surface area contributed by atoms with Gasteiger partial charge < -0.3 is 15.5 Å². The molecule has 2 amide bonds. The van der Waals surface area contributed by atoms with Gasteiger partial charge in [0.1, 0.15) is 0 Å². The van der Waals surface area contributed by atoms with Gasteiger partial charge in [-0.3, -0.25) is 0 Å². The van der Waals surface area contributed by atoms with E-state index in [0.717, 1.165) is 38.0 Å². The summed E-state index contributed by atoms with van der Waals surface area (Å²) in [6, 6.07) is 20.7. The topological polar surface area (TPSA) is 44.4 Å². The number of carbonyl (C=O) groups excluding carboxylic acids is 1. The predicted octanol–water partition coefficient (Wildman–Crippen LogP) is 4.60. The van der Waals surface area contributed by atoms with Crippen molar-refractivity contribution in [3.8, 4) is 0 Å². The number of anilines is 1. The first-order chi connectivity index (χ1) is 13.1. The number of nitrogens with one attached hydrogen (secondary N) is 2. The Hall–Kier alpha value is -2.49. The number of amides is 2. The van der Waals surface area contributed by atoms with Gasteiger partial charge in [0.15, 0.2) is 0 Å². The molecule has 0 spiro atoms. The highest BCUT2D eigenvalue weighted by molar-refractivity contribution is 5.74. The summed E-state index contributed by atoms with van der Waals surface area (Å²) in [7, 11) is 0. The van der Waals surface area contributed by atoms with Crippen molar-refractivity contribution >= 4 is 11.7 Å². The Labute approximate surface area is 163 Å². The zero-order valence-corrected chi connectivity index (χ0v) is 16.4. The van der Waals surface area contributed by atoms with Crippen molar-refractivity contribution in [1.29, 1.82) is 0 Å². The number of nitrogens with zero attached hydrogens (tertiary/aromatic N) is 1. The van der Waals surface area contributed by atoms with Crippen LogP contribution in [-0.4, -0.2) is 25.7 Å². The molecule has 1 aliphatic rings. The molecule has 144 valence electrons. The van der Waals surface area contributed by atoms with Crippen molar-refractivity contribution in [1.82, 2.24) is 10.6 Å². The molecule has 2 atom stereocenters. The molecule has 4 heteroatoms. The summed E-state index contributed by atoms with van der Waals surface area (Å²) in [4.78, 5) is 14.9. The van der Waals surface area contributed by atoms with Gasteiger partial charge >= 0.3 is 6.03 Å². The van der Waals surface area contributed by atoms with Crippen molar-refractivity contribution in [2.24, 2.45) is 11.8 Å². The molecule has 2 aromatic rings. The van der Waals surface area contributed by atoms with Crippen molar-refractivity contribution in [3.63, 3.8) is 0 Å². The molecule has 0 saturated carbocycles. The predicted molar refractivity (Wildman–Crippen MR) is 112 cm³/mol. The van der Waals surface area contributed by atoms with Crippen molar-refractivity contribution in [2.45, 2.75) is 32.7 Å². The summed E-state index contributed by atoms with van der Waals surface area (Å²) in [5.74, 6) is 1.01. The molecule has 27 heavy (non-hydrogen) atoms. The normalized spacial score (nSPS) is 17.7. The Kier molecular flexibility index (Phi) is 6.74. The number of hydrogen-bond donors (Lipinski definition) is 2. The van der Waals surface area contributed by atoms with E-state index in [0.29, 0.717) is 11.8 Å². The SMILES string of the molecule is CC(C)CC(NC(=O)NCC1CCN(c2ccccc2)C1)c1ccccc1. The Balaban J connectivity index is 1.48. The van der Waals surface area contributed by atoms with Crippen LogP contribution in [0.3, 0.4) is 0 Å². The lowest BCUT2D eigenvalue weighted by Gasteiger charge is -2.22. The summed E-state index contributed by atoms with van der Waals surface area (Å²) >= 11 is 0. The van der Waals surface area contributed by atoms with Crippen LogP contribution < -0.4 is 15.5 Å². The lowest BCUT2D eigenvalue weighted by Crippen LogP contribution is -2.41. The van der Waals surface area contributed by atoms with Gasteiger partial charge in [-0.1, -0.05) is 62.4 Å². The second-order valence-corrected chi connectivity index (χ2v) is 7.88. The summed E-state index contributed by atoms with van der Waals surface area (Å²) in [6.07, 6.45) is 2.05. The van der Waals surface area contributed by atoms with E-state index >= 15 is 0 Å². The minimum Gasteiger partial charge on any atom is -0.371 e. The molecule has 0 aliphatic carbocycles. The number of urea groups is 1. The molecule has 1 fully saturated rings. The Morgan fingerprint density at radius 2 is 1.74 bits per heavy atom. The van der Waals surface area contributed by atoms with E-state index in [1.54, 1.807) is 0 Å². The second-order valence-electron chi connectivity index (χ2n) is 7.88. The van der Waals surface area contributed by atoms with Crippen LogP contribution in [0.25, 0.3) is 0 Å². The minimum atomic E-state index is -0.0670. The average molecular weight is 366 g/mol. The number of benzene rings is 2. The number of rotatable bonds is 7. The third-order valence-electron chi connectivity index (χ3n) is 5.17. The maximum Gasteiger partial charge on any atom is 0.315 e. The highest BCUT2D eigenvalue weighted by Crippen LogP contribution is 2.23. The van der Waals surface area contributed by atoms with Crippen LogP contribution in [0.1, 0.15) is 38.3 Å². The van der Waals surface area contributed by atoms with Crippen molar-refractivity contribution in [2.75, 3.05) is 24.5 Å². The lowest BCUT2D eigenvalue weighted by molar-refractivity contribution is 0.233. The molecule has 4 nitrogen and oxygen atoms in total. The summed E-state index contributed by atoms with van der Waals surface area (Å²) in [5.41, 5.74) is 2.43. The van der Waals surface area contributed by atoms with Gasteiger partial charge in [0, 0.05) is 25.3 Å². The molecule has 0 radical (unpaired) electrons. The van der Waals surface area contributed by atoms with E-state index in [1.807, 2.05) is 24.3 Å². The van der Waals surface area contributed by atoms with Crippen molar-refractivity contribution < 1.29 is 4.79 Å². The van der Waals surface area contributed by atoms with Crippen LogP contribution in [0.5, 0.6) is 0 Å². The Morgan fingerprint density at radius 3 is 2.41 bits per heavy atom. The zero-order chi connectivity index (χ0) is 19.1. The van der Waals surface area contributed by atoms with E-state index < -0.39 is 0 Å². The first-order valence-electron chi connectivity index (χ1n) is 10.0. The number of carbonyl (C=O) groups is 1. The third kappa shape index (κ3) is 5.75. The van der Waals surface area contributed by atoms with E-state index in [4.69, 9.17) is 0 Å². The van der Waals surface area contributed by atoms with Crippen LogP contribution >= 0.6 is 0 Å². The molecule has 2 N–H and O–H groups in total. The maximum absolute atomic E-state index is 12.5. The molecular weight excluding hydrogens is 334 g/mol. The molecule has 2 unspecified atom stereocenters. The van der Waals surface area contributed by atoms with Crippen LogP contribution in [0.15, 0.2) is 60.7 Å². The number of para-hydroxylation sites is 1. The van der Waals surface area contributed by atoms with Crippen LogP contribution in [0.4, 0.5) is 10.5 Å². The molecule has 0 bridgehead atoms. The highest BCUT2D eigenvalue weighted by Gasteiger charge is 2.23. The van der Waals surface area contributed by atoms with Gasteiger partial charge in [0.05, 0.1) is 6.04 Å². The Bertz CT molecular complexity index is 702. The molecule has 1 aliphatic heterocycles. The number of hydrogen-bond acceptors (Lipinski definition) is 2. The third-order valence-corrected chi connectivity index (χ3v) is 5.17. The van der Waals surface area contributed by atoms with Crippen LogP contribution in [0.2, 0.25) is 0 Å². The van der Waals surface area contributed by atoms with E-state index in [1.165, 1.54) is 5.69 Å². The van der Waals surface area contributed by atoms with E-state index in [2.05, 4.69) is 65.8 Å². The molecule has 0 aromatic heterocycles. The van der Waals surface area contributed by atoms with Crippen LogP contribution in [0, 0.1) is 11.8 Å². The van der Waals surface area contributed by atoms with Gasteiger partial charge in [-0.15, -0.1) is 0 Å². The first-order valence-corrected chi connectivity index (χ1v) is 10.0. The van der Waals surface area contributed by atoms with Gasteiger partial charge in [-0.2, -0.15) is 0 Å². The minimum absolute atomic E-state index is 0.0515. The fourth-order valence-corrected chi connectivity index (χ4v) is 3.75. The monoisotopic (exact) mass is 365 g/mol. The first kappa shape index (κ1) is 19.3. The summed E-state index contributed by atoms with van der Waals surface area (Å²) in [6.45, 7) is 7.15. The smallest absolute Gasteiger partial charge is 0.315 e. The lowest BCUT2D eigenvalue weighted by atomic mass is 9.97. The molecular formula is C23H31N3O. The quantitative estimate of drug-likeness (QED) is 0.753.